The third-order valence-corrected chi connectivity index (χ3v) is 7.59. The highest BCUT2D eigenvalue weighted by atomic mass is 16.5. The summed E-state index contributed by atoms with van der Waals surface area (Å²) in [7, 11) is 5.70. The first-order valence-electron chi connectivity index (χ1n) is 10.3. The van der Waals surface area contributed by atoms with Gasteiger partial charge in [-0.05, 0) is 74.8 Å². The molecule has 0 unspecified atom stereocenters. The van der Waals surface area contributed by atoms with Crippen molar-refractivity contribution in [3.63, 3.8) is 0 Å². The maximum absolute atomic E-state index is 12.8. The van der Waals surface area contributed by atoms with E-state index < -0.39 is 0 Å². The van der Waals surface area contributed by atoms with Crippen molar-refractivity contribution >= 4 is 5.91 Å². The van der Waals surface area contributed by atoms with Crippen LogP contribution in [0.4, 0.5) is 0 Å². The minimum atomic E-state index is -0.154. The van der Waals surface area contributed by atoms with E-state index in [1.165, 1.54) is 24.8 Å². The molecule has 1 spiro atoms. The number of ether oxygens (including phenoxy) is 1. The number of hydrogen-bond acceptors (Lipinski definition) is 4. The SMILES string of the molecule is CNC(=O)[C@@]12CCC3(CCN(Cc4cccc(OC)c4)CC3)[C@@H]1CN(C)C2. The fourth-order valence-corrected chi connectivity index (χ4v) is 6.20. The number of benzene rings is 1. The van der Waals surface area contributed by atoms with Crippen molar-refractivity contribution in [2.75, 3.05) is 47.4 Å². The van der Waals surface area contributed by atoms with Crippen LogP contribution in [0.5, 0.6) is 5.75 Å². The second-order valence-electron chi connectivity index (χ2n) is 8.97. The van der Waals surface area contributed by atoms with Crippen molar-refractivity contribution in [1.82, 2.24) is 15.1 Å². The Balaban J connectivity index is 1.44. The van der Waals surface area contributed by atoms with E-state index in [9.17, 15) is 4.79 Å². The molecule has 2 atom stereocenters. The zero-order valence-electron chi connectivity index (χ0n) is 17.0. The predicted octanol–water partition coefficient (Wildman–Crippen LogP) is 2.37. The van der Waals surface area contributed by atoms with Crippen LogP contribution in [0.15, 0.2) is 24.3 Å². The van der Waals surface area contributed by atoms with Crippen molar-refractivity contribution in [3.8, 4) is 5.75 Å². The van der Waals surface area contributed by atoms with Crippen LogP contribution in [-0.4, -0.2) is 63.1 Å². The van der Waals surface area contributed by atoms with E-state index in [1.54, 1.807) is 14.2 Å². The summed E-state index contributed by atoms with van der Waals surface area (Å²) in [4.78, 5) is 17.7. The molecule has 1 N–H and O–H groups in total. The summed E-state index contributed by atoms with van der Waals surface area (Å²) in [6, 6.07) is 8.40. The highest BCUT2D eigenvalue weighted by molar-refractivity contribution is 5.84. The smallest absolute Gasteiger partial charge is 0.227 e. The highest BCUT2D eigenvalue weighted by Gasteiger charge is 2.63. The maximum Gasteiger partial charge on any atom is 0.227 e. The van der Waals surface area contributed by atoms with Gasteiger partial charge in [0.1, 0.15) is 5.75 Å². The second-order valence-corrected chi connectivity index (χ2v) is 8.97. The maximum atomic E-state index is 12.8. The van der Waals surface area contributed by atoms with Crippen molar-refractivity contribution in [2.24, 2.45) is 16.7 Å². The quantitative estimate of drug-likeness (QED) is 0.883. The first-order valence-corrected chi connectivity index (χ1v) is 10.3. The average molecular weight is 372 g/mol. The van der Waals surface area contributed by atoms with Gasteiger partial charge in [0.05, 0.1) is 12.5 Å². The summed E-state index contributed by atoms with van der Waals surface area (Å²) >= 11 is 0. The Morgan fingerprint density at radius 1 is 1.26 bits per heavy atom. The number of nitrogens with zero attached hydrogens (tertiary/aromatic N) is 2. The van der Waals surface area contributed by atoms with Gasteiger partial charge in [0.25, 0.3) is 0 Å². The lowest BCUT2D eigenvalue weighted by atomic mass is 9.65. The summed E-state index contributed by atoms with van der Waals surface area (Å²) in [5.74, 6) is 1.71. The number of carbonyl (C=O) groups is 1. The van der Waals surface area contributed by atoms with Crippen LogP contribution in [0.3, 0.4) is 0 Å². The molecule has 0 radical (unpaired) electrons. The molecule has 3 fully saturated rings. The molecular weight excluding hydrogens is 338 g/mol. The van der Waals surface area contributed by atoms with Crippen LogP contribution in [-0.2, 0) is 11.3 Å². The molecule has 5 nitrogen and oxygen atoms in total. The number of piperidine rings is 1. The number of amides is 1. The van der Waals surface area contributed by atoms with Gasteiger partial charge < -0.3 is 15.0 Å². The van der Waals surface area contributed by atoms with Crippen LogP contribution >= 0.6 is 0 Å². The molecule has 3 aliphatic rings. The van der Waals surface area contributed by atoms with E-state index in [0.717, 1.165) is 44.9 Å². The summed E-state index contributed by atoms with van der Waals surface area (Å²) in [5.41, 5.74) is 1.51. The molecule has 1 amide bonds. The zero-order valence-corrected chi connectivity index (χ0v) is 17.0. The van der Waals surface area contributed by atoms with Crippen LogP contribution in [0.2, 0.25) is 0 Å². The lowest BCUT2D eigenvalue weighted by Crippen LogP contribution is -2.48. The molecule has 4 rings (SSSR count). The molecule has 2 heterocycles. The third-order valence-electron chi connectivity index (χ3n) is 7.59. The molecule has 1 aliphatic carbocycles. The minimum Gasteiger partial charge on any atom is -0.497 e. The summed E-state index contributed by atoms with van der Waals surface area (Å²) in [5, 5.41) is 2.98. The van der Waals surface area contributed by atoms with E-state index in [2.05, 4.69) is 40.4 Å². The molecule has 5 heteroatoms. The van der Waals surface area contributed by atoms with Crippen molar-refractivity contribution in [3.05, 3.63) is 29.8 Å². The number of carbonyl (C=O) groups excluding carboxylic acids is 1. The fraction of sp³-hybridized carbons (Fsp3) is 0.682. The van der Waals surface area contributed by atoms with Gasteiger partial charge >= 0.3 is 0 Å². The average Bonchev–Trinajstić information content (AvgIpc) is 3.18. The lowest BCUT2D eigenvalue weighted by molar-refractivity contribution is -0.132. The number of rotatable bonds is 4. The van der Waals surface area contributed by atoms with Gasteiger partial charge in [0, 0.05) is 26.7 Å². The molecule has 0 bridgehead atoms. The second kappa shape index (κ2) is 7.10. The van der Waals surface area contributed by atoms with Gasteiger partial charge in [-0.25, -0.2) is 0 Å². The van der Waals surface area contributed by atoms with Crippen LogP contribution in [0, 0.1) is 16.7 Å². The van der Waals surface area contributed by atoms with E-state index >= 15 is 0 Å². The monoisotopic (exact) mass is 371 g/mol. The molecule has 27 heavy (non-hydrogen) atoms. The molecule has 1 aromatic rings. The van der Waals surface area contributed by atoms with E-state index in [-0.39, 0.29) is 11.3 Å². The molecule has 1 saturated carbocycles. The summed E-state index contributed by atoms with van der Waals surface area (Å²) in [6.45, 7) is 5.23. The minimum absolute atomic E-state index is 0.154. The predicted molar refractivity (Wildman–Crippen MR) is 107 cm³/mol. The Morgan fingerprint density at radius 2 is 2.04 bits per heavy atom. The van der Waals surface area contributed by atoms with Gasteiger partial charge in [-0.1, -0.05) is 12.1 Å². The Hall–Kier alpha value is -1.59. The first-order chi connectivity index (χ1) is 13.0. The van der Waals surface area contributed by atoms with E-state index in [4.69, 9.17) is 4.74 Å². The molecular formula is C22H33N3O2. The summed E-state index contributed by atoms with van der Waals surface area (Å²) in [6.07, 6.45) is 4.70. The van der Waals surface area contributed by atoms with Gasteiger partial charge in [-0.2, -0.15) is 0 Å². The van der Waals surface area contributed by atoms with Crippen molar-refractivity contribution < 1.29 is 9.53 Å². The number of nitrogens with one attached hydrogen (secondary N) is 1. The van der Waals surface area contributed by atoms with Crippen LogP contribution in [0.1, 0.15) is 31.2 Å². The largest absolute Gasteiger partial charge is 0.497 e. The number of methoxy groups -OCH3 is 1. The zero-order chi connectivity index (χ0) is 19.1. The normalized spacial score (nSPS) is 30.4. The lowest BCUT2D eigenvalue weighted by Gasteiger charge is -2.44. The van der Waals surface area contributed by atoms with Crippen molar-refractivity contribution in [1.29, 1.82) is 0 Å². The standard InChI is InChI=1S/C22H33N3O2/c1-23-20(26)22-8-7-21(19(22)15-24(2)16-22)9-11-25(12-10-21)14-17-5-4-6-18(13-17)27-3/h4-6,13,19H,7-12,14-16H2,1-3H3,(H,23,26)/t19-,22+/m0/s1. The molecule has 148 valence electrons. The molecule has 0 aromatic heterocycles. The van der Waals surface area contributed by atoms with Gasteiger partial charge in [0.2, 0.25) is 5.91 Å². The number of fused-ring (bicyclic) bond motifs is 2. The van der Waals surface area contributed by atoms with Gasteiger partial charge in [-0.15, -0.1) is 0 Å². The fourth-order valence-electron chi connectivity index (χ4n) is 6.20. The van der Waals surface area contributed by atoms with Gasteiger partial charge in [0.15, 0.2) is 0 Å². The third kappa shape index (κ3) is 3.15. The first kappa shape index (κ1) is 18.8. The number of likely N-dealkylation sites (tertiary alicyclic amines) is 2. The Bertz CT molecular complexity index is 699. The topological polar surface area (TPSA) is 44.8 Å². The van der Waals surface area contributed by atoms with Gasteiger partial charge in [-0.3, -0.25) is 9.69 Å². The van der Waals surface area contributed by atoms with Crippen molar-refractivity contribution in [2.45, 2.75) is 32.2 Å². The Kier molecular flexibility index (Phi) is 4.93. The van der Waals surface area contributed by atoms with Crippen LogP contribution < -0.4 is 10.1 Å². The van der Waals surface area contributed by atoms with E-state index in [1.807, 2.05) is 6.07 Å². The number of hydrogen-bond donors (Lipinski definition) is 1. The molecule has 2 aliphatic heterocycles. The highest BCUT2D eigenvalue weighted by Crippen LogP contribution is 2.61. The Labute approximate surface area is 163 Å². The Morgan fingerprint density at radius 3 is 2.74 bits per heavy atom. The van der Waals surface area contributed by atoms with E-state index in [0.29, 0.717) is 11.3 Å². The molecule has 2 saturated heterocycles. The molecule has 1 aromatic carbocycles. The summed E-state index contributed by atoms with van der Waals surface area (Å²) < 4.78 is 5.36. The van der Waals surface area contributed by atoms with Crippen LogP contribution in [0.25, 0.3) is 0 Å².